The quantitative estimate of drug-likeness (QED) is 0.357. The summed E-state index contributed by atoms with van der Waals surface area (Å²) >= 11 is 12.2. The molecule has 0 saturated carbocycles. The number of hydroxylamine groups is 1. The van der Waals surface area contributed by atoms with Gasteiger partial charge in [0.05, 0.1) is 28.9 Å². The monoisotopic (exact) mass is 290 g/mol. The summed E-state index contributed by atoms with van der Waals surface area (Å²) in [7, 11) is 0. The van der Waals surface area contributed by atoms with Gasteiger partial charge in [0.15, 0.2) is 5.75 Å². The fourth-order valence-electron chi connectivity index (χ4n) is 1.18. The Morgan fingerprint density at radius 2 is 1.94 bits per heavy atom. The number of halogens is 2. The molecule has 4 nitrogen and oxygen atoms in total. The number of hydrogen-bond donors (Lipinski definition) is 1. The van der Waals surface area contributed by atoms with Gasteiger partial charge >= 0.3 is 0 Å². The molecule has 0 spiro atoms. The molecule has 0 heterocycles. The van der Waals surface area contributed by atoms with Gasteiger partial charge in [-0.15, -0.1) is 0 Å². The molecule has 18 heavy (non-hydrogen) atoms. The zero-order chi connectivity index (χ0) is 13.4. The minimum Gasteiger partial charge on any atom is -0.490 e. The third-order valence-electron chi connectivity index (χ3n) is 1.93. The van der Waals surface area contributed by atoms with Gasteiger partial charge in [-0.2, -0.15) is 0 Å². The molecule has 0 aliphatic rings. The number of nitrogens with one attached hydrogen (secondary N) is 1. The Bertz CT molecular complexity index is 388. The zero-order valence-corrected chi connectivity index (χ0v) is 11.9. The molecule has 1 N–H and O–H groups in total. The van der Waals surface area contributed by atoms with Crippen molar-refractivity contribution in [3.63, 3.8) is 0 Å². The first-order valence-corrected chi connectivity index (χ1v) is 6.46. The fourth-order valence-corrected chi connectivity index (χ4v) is 1.77. The maximum atomic E-state index is 6.08. The van der Waals surface area contributed by atoms with E-state index in [4.69, 9.17) is 32.8 Å². The second-order valence-corrected chi connectivity index (χ2v) is 4.21. The van der Waals surface area contributed by atoms with E-state index in [1.807, 2.05) is 13.8 Å². The Hall–Kier alpha value is -0.970. The van der Waals surface area contributed by atoms with Gasteiger partial charge in [-0.25, -0.2) is 4.99 Å². The Labute approximate surface area is 117 Å². The summed E-state index contributed by atoms with van der Waals surface area (Å²) in [4.78, 5) is 9.00. The molecule has 0 fully saturated rings. The summed E-state index contributed by atoms with van der Waals surface area (Å²) in [6.45, 7) is 5.01. The number of rotatable bonds is 7. The zero-order valence-electron chi connectivity index (χ0n) is 10.4. The molecule has 1 aromatic carbocycles. The van der Waals surface area contributed by atoms with E-state index in [-0.39, 0.29) is 0 Å². The van der Waals surface area contributed by atoms with Gasteiger partial charge in [0, 0.05) is 0 Å². The summed E-state index contributed by atoms with van der Waals surface area (Å²) in [5, 5.41) is 0.888. The highest BCUT2D eigenvalue weighted by molar-refractivity contribution is 6.37. The van der Waals surface area contributed by atoms with Crippen molar-refractivity contribution >= 4 is 35.2 Å². The topological polar surface area (TPSA) is 42.8 Å². The van der Waals surface area contributed by atoms with Crippen molar-refractivity contribution < 1.29 is 9.57 Å². The lowest BCUT2D eigenvalue weighted by Crippen LogP contribution is -2.10. The number of aliphatic imine (C=N–C) groups is 1. The van der Waals surface area contributed by atoms with Gasteiger partial charge in [-0.1, -0.05) is 30.1 Å². The molecule has 0 radical (unpaired) electrons. The van der Waals surface area contributed by atoms with Crippen LogP contribution in [0.15, 0.2) is 17.1 Å². The highest BCUT2D eigenvalue weighted by Crippen LogP contribution is 2.36. The third kappa shape index (κ3) is 4.72. The summed E-state index contributed by atoms with van der Waals surface area (Å²) in [5.74, 6) is 0.497. The number of nitrogens with zero attached hydrogens (tertiary/aromatic N) is 1. The molecular weight excluding hydrogens is 275 g/mol. The lowest BCUT2D eigenvalue weighted by atomic mass is 10.3. The van der Waals surface area contributed by atoms with Gasteiger partial charge in [0.1, 0.15) is 6.34 Å². The number of benzene rings is 1. The van der Waals surface area contributed by atoms with Gasteiger partial charge in [-0.3, -0.25) is 10.3 Å². The van der Waals surface area contributed by atoms with E-state index >= 15 is 0 Å². The van der Waals surface area contributed by atoms with E-state index in [1.54, 1.807) is 12.1 Å². The smallest absolute Gasteiger partial charge is 0.156 e. The first kappa shape index (κ1) is 15.1. The molecule has 0 saturated heterocycles. The molecule has 0 bridgehead atoms. The van der Waals surface area contributed by atoms with E-state index in [0.717, 1.165) is 6.42 Å². The van der Waals surface area contributed by atoms with Crippen molar-refractivity contribution in [2.75, 3.05) is 13.2 Å². The van der Waals surface area contributed by atoms with E-state index in [0.29, 0.717) is 34.7 Å². The molecule has 0 atom stereocenters. The minimum absolute atomic E-state index is 0.444. The van der Waals surface area contributed by atoms with Crippen LogP contribution in [0.2, 0.25) is 10.0 Å². The molecule has 0 aliphatic heterocycles. The van der Waals surface area contributed by atoms with Crippen molar-refractivity contribution in [3.05, 3.63) is 22.2 Å². The maximum absolute atomic E-state index is 6.08. The van der Waals surface area contributed by atoms with Crippen LogP contribution in [0.3, 0.4) is 0 Å². The maximum Gasteiger partial charge on any atom is 0.156 e. The molecular formula is C12H16Cl2N2O2. The third-order valence-corrected chi connectivity index (χ3v) is 2.49. The SMILES string of the molecule is CCCOc1c(Cl)cc(N=CNOCC)cc1Cl. The van der Waals surface area contributed by atoms with Gasteiger partial charge < -0.3 is 4.74 Å². The molecule has 100 valence electrons. The van der Waals surface area contributed by atoms with Gasteiger partial charge in [-0.05, 0) is 25.5 Å². The predicted molar refractivity (Wildman–Crippen MR) is 75.2 cm³/mol. The van der Waals surface area contributed by atoms with Crippen LogP contribution in [0, 0.1) is 0 Å². The van der Waals surface area contributed by atoms with E-state index in [2.05, 4.69) is 10.5 Å². The normalized spacial score (nSPS) is 10.9. The van der Waals surface area contributed by atoms with Crippen molar-refractivity contribution in [1.29, 1.82) is 0 Å². The molecule has 1 aromatic rings. The van der Waals surface area contributed by atoms with Crippen LogP contribution in [0.5, 0.6) is 5.75 Å². The van der Waals surface area contributed by atoms with Crippen LogP contribution in [0.4, 0.5) is 5.69 Å². The average molecular weight is 291 g/mol. The average Bonchev–Trinajstić information content (AvgIpc) is 2.34. The Balaban J connectivity index is 2.75. The lowest BCUT2D eigenvalue weighted by Gasteiger charge is -2.09. The van der Waals surface area contributed by atoms with Crippen molar-refractivity contribution in [2.24, 2.45) is 4.99 Å². The van der Waals surface area contributed by atoms with E-state index in [9.17, 15) is 0 Å². The summed E-state index contributed by atoms with van der Waals surface area (Å²) < 4.78 is 5.46. The summed E-state index contributed by atoms with van der Waals surface area (Å²) in [6, 6.07) is 3.37. The molecule has 0 unspecified atom stereocenters. The van der Waals surface area contributed by atoms with Crippen molar-refractivity contribution in [1.82, 2.24) is 5.48 Å². The Kier molecular flexibility index (Phi) is 6.86. The molecule has 0 aliphatic carbocycles. The van der Waals surface area contributed by atoms with Gasteiger partial charge in [0.2, 0.25) is 0 Å². The summed E-state index contributed by atoms with van der Waals surface area (Å²) in [6.07, 6.45) is 2.32. The van der Waals surface area contributed by atoms with E-state index < -0.39 is 0 Å². The van der Waals surface area contributed by atoms with Crippen LogP contribution in [-0.4, -0.2) is 19.6 Å². The number of hydrogen-bond acceptors (Lipinski definition) is 3. The second-order valence-electron chi connectivity index (χ2n) is 3.40. The molecule has 0 aromatic heterocycles. The standard InChI is InChI=1S/C12H16Cl2N2O2/c1-3-5-17-12-10(13)6-9(7-11(12)14)15-8-16-18-4-2/h6-8H,3-5H2,1-2H3,(H,15,16). The molecule has 6 heteroatoms. The Morgan fingerprint density at radius 3 is 2.50 bits per heavy atom. The first-order chi connectivity index (χ1) is 8.69. The first-order valence-electron chi connectivity index (χ1n) is 5.70. The minimum atomic E-state index is 0.444. The fraction of sp³-hybridized carbons (Fsp3) is 0.417. The van der Waals surface area contributed by atoms with E-state index in [1.165, 1.54) is 6.34 Å². The highest BCUT2D eigenvalue weighted by Gasteiger charge is 2.08. The summed E-state index contributed by atoms with van der Waals surface area (Å²) in [5.41, 5.74) is 3.19. The number of ether oxygens (including phenoxy) is 1. The second kappa shape index (κ2) is 8.19. The largest absolute Gasteiger partial charge is 0.490 e. The van der Waals surface area contributed by atoms with Crippen LogP contribution >= 0.6 is 23.2 Å². The lowest BCUT2D eigenvalue weighted by molar-refractivity contribution is 0.100. The molecule has 1 rings (SSSR count). The van der Waals surface area contributed by atoms with Crippen molar-refractivity contribution in [2.45, 2.75) is 20.3 Å². The van der Waals surface area contributed by atoms with Crippen LogP contribution in [0.25, 0.3) is 0 Å². The van der Waals surface area contributed by atoms with Crippen LogP contribution in [-0.2, 0) is 4.84 Å². The highest BCUT2D eigenvalue weighted by atomic mass is 35.5. The van der Waals surface area contributed by atoms with Crippen LogP contribution in [0.1, 0.15) is 20.3 Å². The van der Waals surface area contributed by atoms with Crippen LogP contribution < -0.4 is 10.2 Å². The predicted octanol–water partition coefficient (Wildman–Crippen LogP) is 3.98. The van der Waals surface area contributed by atoms with Gasteiger partial charge in [0.25, 0.3) is 0 Å². The molecule has 0 amide bonds. The van der Waals surface area contributed by atoms with Crippen molar-refractivity contribution in [3.8, 4) is 5.75 Å². The Morgan fingerprint density at radius 1 is 1.28 bits per heavy atom.